The van der Waals surface area contributed by atoms with Crippen molar-refractivity contribution < 1.29 is 16.9 Å². The third kappa shape index (κ3) is 5.31. The van der Waals surface area contributed by atoms with E-state index in [-0.39, 0.29) is 12.4 Å². The predicted octanol–water partition coefficient (Wildman–Crippen LogP) is -0.995. The van der Waals surface area contributed by atoms with Crippen LogP contribution in [0.3, 0.4) is 0 Å². The van der Waals surface area contributed by atoms with Gasteiger partial charge in [0, 0.05) is 0 Å². The number of rotatable bonds is 5. The Balaban J connectivity index is 0. The van der Waals surface area contributed by atoms with Crippen LogP contribution in [0.25, 0.3) is 0 Å². The van der Waals surface area contributed by atoms with Gasteiger partial charge in [-0.25, -0.2) is 0 Å². The summed E-state index contributed by atoms with van der Waals surface area (Å²) in [7, 11) is 2.08. The number of hydrogen-bond acceptors (Lipinski definition) is 0. The third-order valence-electron chi connectivity index (χ3n) is 1.43. The number of nitrogens with zero attached hydrogens (tertiary/aromatic N) is 1. The fourth-order valence-corrected chi connectivity index (χ4v) is 0.991. The Labute approximate surface area is 80.3 Å². The molecule has 0 aromatic rings. The van der Waals surface area contributed by atoms with Gasteiger partial charge in [0.25, 0.3) is 0 Å². The molecule has 0 saturated heterocycles. The predicted molar refractivity (Wildman–Crippen MR) is 47.0 cm³/mol. The molecule has 66 valence electrons. The van der Waals surface area contributed by atoms with Crippen LogP contribution in [0.2, 0.25) is 0 Å². The van der Waals surface area contributed by atoms with Gasteiger partial charge in [-0.2, -0.15) is 0 Å². The van der Waals surface area contributed by atoms with Crippen molar-refractivity contribution in [2.75, 3.05) is 26.1 Å². The smallest absolute Gasteiger partial charge is 0.155 e. The second kappa shape index (κ2) is 6.71. The highest BCUT2D eigenvalue weighted by Crippen LogP contribution is 2.03. The van der Waals surface area contributed by atoms with Crippen molar-refractivity contribution in [1.29, 1.82) is 0 Å². The van der Waals surface area contributed by atoms with Gasteiger partial charge in [-0.05, 0) is 12.2 Å². The number of likely N-dealkylation sites (N-methyl/N-ethyl adjacent to an activating group) is 1. The van der Waals surface area contributed by atoms with Crippen LogP contribution in [0, 0.1) is 0 Å². The van der Waals surface area contributed by atoms with Gasteiger partial charge in [0.2, 0.25) is 0 Å². The molecule has 3 heteroatoms. The lowest BCUT2D eigenvalue weighted by Gasteiger charge is -2.29. The molecule has 0 atom stereocenters. The Morgan fingerprint density at radius 3 is 1.82 bits per heavy atom. The van der Waals surface area contributed by atoms with E-state index in [0.29, 0.717) is 6.00 Å². The largest absolute Gasteiger partial charge is 1.00 e. The molecule has 1 nitrogen and oxygen atoms in total. The Hall–Kier alpha value is 0.0200. The summed E-state index contributed by atoms with van der Waals surface area (Å²) in [6.07, 6.45) is 3.76. The minimum Gasteiger partial charge on any atom is -1.00 e. The number of alkyl halides is 1. The second-order valence-electron chi connectivity index (χ2n) is 2.68. The van der Waals surface area contributed by atoms with Crippen molar-refractivity contribution in [2.24, 2.45) is 0 Å². The Morgan fingerprint density at radius 2 is 1.64 bits per heavy atom. The van der Waals surface area contributed by atoms with Crippen LogP contribution in [0.4, 0.5) is 0 Å². The molecule has 11 heavy (non-hydrogen) atoms. The summed E-state index contributed by atoms with van der Waals surface area (Å²) in [6.45, 7) is 9.13. The Morgan fingerprint density at radius 1 is 1.27 bits per heavy atom. The van der Waals surface area contributed by atoms with Crippen LogP contribution in [-0.2, 0) is 0 Å². The highest BCUT2D eigenvalue weighted by Gasteiger charge is 2.14. The van der Waals surface area contributed by atoms with Crippen molar-refractivity contribution in [3.05, 3.63) is 25.3 Å². The average Bonchev–Trinajstić information content (AvgIpc) is 1.89. The molecule has 0 heterocycles. The monoisotopic (exact) mass is 195 g/mol. The number of quaternary nitrogens is 1. The first-order valence-corrected chi connectivity index (χ1v) is 3.83. The molecule has 0 aromatic heterocycles. The normalized spacial score (nSPS) is 10.0. The van der Waals surface area contributed by atoms with Crippen LogP contribution in [0.15, 0.2) is 25.3 Å². The van der Waals surface area contributed by atoms with Crippen molar-refractivity contribution >= 4 is 11.6 Å². The highest BCUT2D eigenvalue weighted by molar-refractivity contribution is 6.16. The molecule has 0 bridgehead atoms. The first-order valence-electron chi connectivity index (χ1n) is 3.30. The minimum atomic E-state index is 0. The third-order valence-corrected chi connectivity index (χ3v) is 2.01. The van der Waals surface area contributed by atoms with Crippen molar-refractivity contribution in [3.8, 4) is 0 Å². The minimum absolute atomic E-state index is 0. The van der Waals surface area contributed by atoms with Crippen LogP contribution >= 0.6 is 11.6 Å². The summed E-state index contributed by atoms with van der Waals surface area (Å²) in [5, 5.41) is 0. The summed E-state index contributed by atoms with van der Waals surface area (Å²) >= 11 is 5.74. The molecule has 0 rings (SSSR count). The molecular formula is C8H15Cl2N. The molecule has 0 spiro atoms. The zero-order valence-corrected chi connectivity index (χ0v) is 8.41. The molecule has 0 N–H and O–H groups in total. The van der Waals surface area contributed by atoms with Crippen LogP contribution in [-0.4, -0.2) is 30.6 Å². The summed E-state index contributed by atoms with van der Waals surface area (Å²) in [5.74, 6) is 0. The molecular weight excluding hydrogens is 181 g/mol. The zero-order chi connectivity index (χ0) is 8.04. The quantitative estimate of drug-likeness (QED) is 0.229. The van der Waals surface area contributed by atoms with Gasteiger partial charge < -0.3 is 16.9 Å². The van der Waals surface area contributed by atoms with Gasteiger partial charge in [-0.3, -0.25) is 0 Å². The van der Waals surface area contributed by atoms with Gasteiger partial charge in [0.05, 0.1) is 20.1 Å². The van der Waals surface area contributed by atoms with E-state index < -0.39 is 0 Å². The van der Waals surface area contributed by atoms with E-state index in [9.17, 15) is 0 Å². The molecule has 0 aliphatic rings. The van der Waals surface area contributed by atoms with E-state index in [1.165, 1.54) is 0 Å². The molecule has 0 fully saturated rings. The standard InChI is InChI=1S/C8H15ClN.ClH/c1-4-6-10(3,8-9)7-5-2;/h4-5H,1-2,6-8H2,3H3;1H/q+1;/p-1. The van der Waals surface area contributed by atoms with E-state index in [1.54, 1.807) is 0 Å². The molecule has 0 radical (unpaired) electrons. The molecule has 0 amide bonds. The maximum Gasteiger partial charge on any atom is 0.155 e. The summed E-state index contributed by atoms with van der Waals surface area (Å²) in [5.41, 5.74) is 0. The molecule has 0 saturated carbocycles. The summed E-state index contributed by atoms with van der Waals surface area (Å²) < 4.78 is 0.786. The molecule has 0 aliphatic heterocycles. The van der Waals surface area contributed by atoms with E-state index in [4.69, 9.17) is 11.6 Å². The maximum atomic E-state index is 5.74. The highest BCUT2D eigenvalue weighted by atomic mass is 35.5. The van der Waals surface area contributed by atoms with Crippen LogP contribution in [0.1, 0.15) is 0 Å². The molecule has 0 unspecified atom stereocenters. The second-order valence-corrected chi connectivity index (χ2v) is 2.92. The zero-order valence-electron chi connectivity index (χ0n) is 6.89. The lowest BCUT2D eigenvalue weighted by atomic mass is 10.4. The van der Waals surface area contributed by atoms with Gasteiger partial charge in [-0.1, -0.05) is 24.8 Å². The van der Waals surface area contributed by atoms with Crippen LogP contribution in [0.5, 0.6) is 0 Å². The SMILES string of the molecule is C=CC[N+](C)(CCl)CC=C.[Cl-]. The van der Waals surface area contributed by atoms with E-state index in [1.807, 2.05) is 12.2 Å². The lowest BCUT2D eigenvalue weighted by molar-refractivity contribution is -0.887. The first kappa shape index (κ1) is 13.6. The maximum absolute atomic E-state index is 5.74. The van der Waals surface area contributed by atoms with Gasteiger partial charge in [0.1, 0.15) is 0 Å². The fourth-order valence-electron chi connectivity index (χ4n) is 0.795. The fraction of sp³-hybridized carbons (Fsp3) is 0.500. The van der Waals surface area contributed by atoms with E-state index in [0.717, 1.165) is 17.6 Å². The number of halogens is 2. The Kier molecular flexibility index (Phi) is 8.30. The molecule has 0 aromatic carbocycles. The topological polar surface area (TPSA) is 0 Å². The van der Waals surface area contributed by atoms with Gasteiger partial charge >= 0.3 is 0 Å². The summed E-state index contributed by atoms with van der Waals surface area (Å²) in [4.78, 5) is 0. The average molecular weight is 196 g/mol. The van der Waals surface area contributed by atoms with Crippen molar-refractivity contribution in [3.63, 3.8) is 0 Å². The van der Waals surface area contributed by atoms with Gasteiger partial charge in [-0.15, -0.1) is 0 Å². The van der Waals surface area contributed by atoms with Crippen LogP contribution < -0.4 is 12.4 Å². The molecule has 0 aliphatic carbocycles. The van der Waals surface area contributed by atoms with E-state index >= 15 is 0 Å². The first-order chi connectivity index (χ1) is 4.68. The number of hydrogen-bond donors (Lipinski definition) is 0. The lowest BCUT2D eigenvalue weighted by Crippen LogP contribution is -3.00. The van der Waals surface area contributed by atoms with E-state index in [2.05, 4.69) is 20.2 Å². The summed E-state index contributed by atoms with van der Waals surface area (Å²) in [6, 6.07) is 0.609. The Bertz CT molecular complexity index is 113. The van der Waals surface area contributed by atoms with Crippen molar-refractivity contribution in [1.82, 2.24) is 0 Å². The van der Waals surface area contributed by atoms with Crippen molar-refractivity contribution in [2.45, 2.75) is 0 Å². The van der Waals surface area contributed by atoms with Gasteiger partial charge in [0.15, 0.2) is 6.00 Å².